The Labute approximate surface area is 241 Å². The van der Waals surface area contributed by atoms with E-state index in [1.165, 1.54) is 10.4 Å². The maximum atomic E-state index is 13.4. The summed E-state index contributed by atoms with van der Waals surface area (Å²) in [6.45, 7) is 14.1. The molecule has 0 bridgehead atoms. The quantitative estimate of drug-likeness (QED) is 0.313. The first-order chi connectivity index (χ1) is 18.2. The molecule has 1 aliphatic carbocycles. The monoisotopic (exact) mass is 566 g/mol. The van der Waals surface area contributed by atoms with Crippen molar-refractivity contribution >= 4 is 34.8 Å². The number of ketones is 1. The number of hydrogen-bond acceptors (Lipinski definition) is 5. The number of aromatic nitrogens is 1. The van der Waals surface area contributed by atoms with Crippen molar-refractivity contribution < 1.29 is 14.3 Å². The van der Waals surface area contributed by atoms with Crippen LogP contribution in [0.1, 0.15) is 88.2 Å². The summed E-state index contributed by atoms with van der Waals surface area (Å²) in [4.78, 5) is 32.5. The lowest BCUT2D eigenvalue weighted by atomic mass is 9.81. The lowest BCUT2D eigenvalue weighted by Crippen LogP contribution is -2.42. The van der Waals surface area contributed by atoms with Gasteiger partial charge in [-0.1, -0.05) is 50.9 Å². The van der Waals surface area contributed by atoms with Crippen molar-refractivity contribution in [3.05, 3.63) is 63.8 Å². The summed E-state index contributed by atoms with van der Waals surface area (Å²) < 4.78 is 5.40. The SMILES string of the molecule is Cc1sc(-c2ccc(C(=O)C3CCC[C@@H](NC(=O)OC(C)(C)C)C3)cc2Cl)cc1-c1ccnc(C(C)(C)C)c1. The van der Waals surface area contributed by atoms with Crippen molar-refractivity contribution in [2.24, 2.45) is 5.92 Å². The van der Waals surface area contributed by atoms with Crippen molar-refractivity contribution in [2.75, 3.05) is 0 Å². The molecule has 1 amide bonds. The van der Waals surface area contributed by atoms with E-state index in [9.17, 15) is 9.59 Å². The smallest absolute Gasteiger partial charge is 0.407 e. The molecule has 4 rings (SSSR count). The average molecular weight is 567 g/mol. The number of hydrogen-bond donors (Lipinski definition) is 1. The van der Waals surface area contributed by atoms with Crippen LogP contribution in [0.3, 0.4) is 0 Å². The topological polar surface area (TPSA) is 68.3 Å². The average Bonchev–Trinajstić information content (AvgIpc) is 3.23. The van der Waals surface area contributed by atoms with Gasteiger partial charge < -0.3 is 10.1 Å². The molecule has 1 aliphatic rings. The Kier molecular flexibility index (Phi) is 8.58. The molecule has 0 spiro atoms. The number of alkyl carbamates (subject to hydrolysis) is 1. The van der Waals surface area contributed by atoms with Crippen molar-refractivity contribution in [1.82, 2.24) is 10.3 Å². The van der Waals surface area contributed by atoms with Crippen LogP contribution in [0.5, 0.6) is 0 Å². The minimum atomic E-state index is -0.554. The fourth-order valence-corrected chi connectivity index (χ4v) is 6.47. The maximum Gasteiger partial charge on any atom is 0.407 e. The number of carbonyl (C=O) groups is 2. The van der Waals surface area contributed by atoms with E-state index in [0.717, 1.165) is 41.0 Å². The summed E-state index contributed by atoms with van der Waals surface area (Å²) in [5.41, 5.74) is 4.32. The Bertz CT molecular complexity index is 1370. The van der Waals surface area contributed by atoms with E-state index < -0.39 is 11.7 Å². The molecule has 0 aliphatic heterocycles. The van der Waals surface area contributed by atoms with Crippen molar-refractivity contribution in [1.29, 1.82) is 0 Å². The summed E-state index contributed by atoms with van der Waals surface area (Å²) in [5.74, 6) is -0.0754. The molecular formula is C32H39ClN2O3S. The number of amides is 1. The van der Waals surface area contributed by atoms with Gasteiger partial charge in [-0.25, -0.2) is 4.79 Å². The Hall–Kier alpha value is -2.70. The molecule has 1 unspecified atom stereocenters. The summed E-state index contributed by atoms with van der Waals surface area (Å²) in [6.07, 6.45) is 4.58. The number of ether oxygens (including phenoxy) is 1. The third kappa shape index (κ3) is 7.29. The van der Waals surface area contributed by atoms with E-state index in [1.54, 1.807) is 17.4 Å². The van der Waals surface area contributed by atoms with Gasteiger partial charge in [0.15, 0.2) is 5.78 Å². The predicted molar refractivity (Wildman–Crippen MR) is 161 cm³/mol. The first-order valence-electron chi connectivity index (χ1n) is 13.6. The molecule has 208 valence electrons. The number of benzene rings is 1. The number of halogens is 1. The third-order valence-corrected chi connectivity index (χ3v) is 8.44. The van der Waals surface area contributed by atoms with E-state index in [2.05, 4.69) is 50.1 Å². The minimum absolute atomic E-state index is 0.0292. The fourth-order valence-electron chi connectivity index (χ4n) is 5.05. The van der Waals surface area contributed by atoms with Gasteiger partial charge in [-0.15, -0.1) is 11.3 Å². The lowest BCUT2D eigenvalue weighted by Gasteiger charge is -2.30. The van der Waals surface area contributed by atoms with Crippen molar-refractivity contribution in [2.45, 2.75) is 91.2 Å². The highest BCUT2D eigenvalue weighted by Crippen LogP contribution is 2.41. The van der Waals surface area contributed by atoms with Gasteiger partial charge in [0.2, 0.25) is 0 Å². The normalized spacial score (nSPS) is 18.1. The van der Waals surface area contributed by atoms with Crippen LogP contribution in [0.4, 0.5) is 4.79 Å². The number of pyridine rings is 1. The van der Waals surface area contributed by atoms with E-state index in [4.69, 9.17) is 16.3 Å². The number of Topliss-reactive ketones (excluding diaryl/α,β-unsaturated/α-hetero) is 1. The highest BCUT2D eigenvalue weighted by Gasteiger charge is 2.30. The van der Waals surface area contributed by atoms with E-state index in [-0.39, 0.29) is 23.2 Å². The standard InChI is InChI=1S/C32H39ClN2O3S/c1-19-25(20-13-14-34-28(17-20)31(2,3)4)18-27(39-19)24-12-11-22(16-26(24)33)29(36)21-9-8-10-23(15-21)35-30(37)38-32(5,6)7/h11-14,16-18,21,23H,8-10,15H2,1-7H3,(H,35,37)/t21?,23-/m1/s1. The minimum Gasteiger partial charge on any atom is -0.444 e. The van der Waals surface area contributed by atoms with Crippen LogP contribution in [0, 0.1) is 12.8 Å². The van der Waals surface area contributed by atoms with E-state index in [1.807, 2.05) is 45.2 Å². The Morgan fingerprint density at radius 3 is 2.44 bits per heavy atom. The summed E-state index contributed by atoms with van der Waals surface area (Å²) in [6, 6.07) is 12.0. The molecule has 0 saturated heterocycles. The van der Waals surface area contributed by atoms with Crippen LogP contribution in [0.2, 0.25) is 5.02 Å². The molecule has 1 N–H and O–H groups in total. The van der Waals surface area contributed by atoms with Gasteiger partial charge in [0.1, 0.15) is 5.60 Å². The van der Waals surface area contributed by atoms with Crippen molar-refractivity contribution in [3.63, 3.8) is 0 Å². The Morgan fingerprint density at radius 2 is 1.77 bits per heavy atom. The highest BCUT2D eigenvalue weighted by atomic mass is 35.5. The van der Waals surface area contributed by atoms with Gasteiger partial charge >= 0.3 is 6.09 Å². The zero-order valence-electron chi connectivity index (χ0n) is 24.0. The third-order valence-electron chi connectivity index (χ3n) is 7.04. The molecular weight excluding hydrogens is 528 g/mol. The molecule has 39 heavy (non-hydrogen) atoms. The van der Waals surface area contributed by atoms with Gasteiger partial charge in [-0.05, 0) is 82.3 Å². The zero-order chi connectivity index (χ0) is 28.5. The maximum absolute atomic E-state index is 13.4. The number of carbonyl (C=O) groups excluding carboxylic acids is 2. The summed E-state index contributed by atoms with van der Waals surface area (Å²) >= 11 is 8.47. The van der Waals surface area contributed by atoms with Crippen molar-refractivity contribution in [3.8, 4) is 21.6 Å². The van der Waals surface area contributed by atoms with Crippen LogP contribution < -0.4 is 5.32 Å². The van der Waals surface area contributed by atoms with Crippen LogP contribution in [0.25, 0.3) is 21.6 Å². The van der Waals surface area contributed by atoms with Gasteiger partial charge in [-0.3, -0.25) is 9.78 Å². The van der Waals surface area contributed by atoms with Gasteiger partial charge in [0.25, 0.3) is 0 Å². The van der Waals surface area contributed by atoms with Crippen LogP contribution >= 0.6 is 22.9 Å². The second-order valence-corrected chi connectivity index (χ2v) is 14.2. The van der Waals surface area contributed by atoms with Gasteiger partial charge in [0, 0.05) is 55.2 Å². The molecule has 2 aromatic heterocycles. The van der Waals surface area contributed by atoms with Crippen LogP contribution in [0.15, 0.2) is 42.6 Å². The molecule has 1 saturated carbocycles. The highest BCUT2D eigenvalue weighted by molar-refractivity contribution is 7.16. The number of aryl methyl sites for hydroxylation is 1. The number of nitrogens with zero attached hydrogens (tertiary/aromatic N) is 1. The molecule has 3 aromatic rings. The Balaban J connectivity index is 1.50. The summed E-state index contributed by atoms with van der Waals surface area (Å²) in [5, 5.41) is 3.51. The van der Waals surface area contributed by atoms with E-state index >= 15 is 0 Å². The van der Waals surface area contributed by atoms with E-state index in [0.29, 0.717) is 17.0 Å². The molecule has 1 fully saturated rings. The molecule has 1 aromatic carbocycles. The molecule has 2 atom stereocenters. The molecule has 5 nitrogen and oxygen atoms in total. The predicted octanol–water partition coefficient (Wildman–Crippen LogP) is 9.00. The first kappa shape index (κ1) is 29.3. The van der Waals surface area contributed by atoms with Gasteiger partial charge in [-0.2, -0.15) is 0 Å². The summed E-state index contributed by atoms with van der Waals surface area (Å²) in [7, 11) is 0. The molecule has 7 heteroatoms. The number of rotatable bonds is 5. The fraction of sp³-hybridized carbons (Fsp3) is 0.469. The zero-order valence-corrected chi connectivity index (χ0v) is 25.6. The van der Waals surface area contributed by atoms with Gasteiger partial charge in [0.05, 0.1) is 0 Å². The van der Waals surface area contributed by atoms with Crippen LogP contribution in [-0.4, -0.2) is 28.5 Å². The number of nitrogens with one attached hydrogen (secondary N) is 1. The number of thiophene rings is 1. The van der Waals surface area contributed by atoms with Crippen LogP contribution in [-0.2, 0) is 10.2 Å². The first-order valence-corrected chi connectivity index (χ1v) is 14.8. The lowest BCUT2D eigenvalue weighted by molar-refractivity contribution is 0.0479. The Morgan fingerprint density at radius 1 is 1.03 bits per heavy atom. The molecule has 0 radical (unpaired) electrons. The second-order valence-electron chi connectivity index (χ2n) is 12.5. The largest absolute Gasteiger partial charge is 0.444 e. The molecule has 2 heterocycles. The second kappa shape index (κ2) is 11.4.